The Morgan fingerprint density at radius 2 is 2.04 bits per heavy atom. The molecule has 0 amide bonds. The number of halogens is 2. The molecule has 0 saturated heterocycles. The Morgan fingerprint density at radius 1 is 1.32 bits per heavy atom. The number of nitrogens with one attached hydrogen (secondary N) is 1. The molecule has 0 atom stereocenters. The average molecular weight is 453 g/mol. The lowest BCUT2D eigenvalue weighted by Gasteiger charge is -2.14. The van der Waals surface area contributed by atoms with Crippen molar-refractivity contribution >= 4 is 56.9 Å². The normalized spacial score (nSPS) is 10.9. The van der Waals surface area contributed by atoms with E-state index in [0.29, 0.717) is 5.69 Å². The fourth-order valence-corrected chi connectivity index (χ4v) is 3.21. The standard InChI is InChI=1S/C17H13FIN3O3/c1-8-5-10(19)3-4-12(8)21-15-11(17(24)25)6-13-16(14(15)18)22(7-20-13)9(2)23/h3-7,21H,1-2H3,(H,24,25). The molecule has 0 spiro atoms. The third-order valence-electron chi connectivity index (χ3n) is 3.79. The second kappa shape index (κ2) is 6.43. The van der Waals surface area contributed by atoms with E-state index in [1.807, 2.05) is 19.1 Å². The number of imidazole rings is 1. The van der Waals surface area contributed by atoms with Gasteiger partial charge in [-0.1, -0.05) is 0 Å². The summed E-state index contributed by atoms with van der Waals surface area (Å²) >= 11 is 2.15. The van der Waals surface area contributed by atoms with Gasteiger partial charge in [0, 0.05) is 16.2 Å². The largest absolute Gasteiger partial charge is 0.478 e. The summed E-state index contributed by atoms with van der Waals surface area (Å²) < 4.78 is 17.2. The topological polar surface area (TPSA) is 84.2 Å². The minimum atomic E-state index is -1.29. The molecule has 0 radical (unpaired) electrons. The van der Waals surface area contributed by atoms with E-state index in [1.54, 1.807) is 6.07 Å². The molecule has 1 aromatic heterocycles. The molecule has 0 saturated carbocycles. The van der Waals surface area contributed by atoms with E-state index < -0.39 is 17.7 Å². The number of nitrogens with zero attached hydrogens (tertiary/aromatic N) is 2. The van der Waals surface area contributed by atoms with E-state index in [0.717, 1.165) is 13.7 Å². The highest BCUT2D eigenvalue weighted by Gasteiger charge is 2.23. The number of anilines is 2. The van der Waals surface area contributed by atoms with Crippen molar-refractivity contribution in [1.29, 1.82) is 0 Å². The molecule has 128 valence electrons. The van der Waals surface area contributed by atoms with E-state index in [1.165, 1.54) is 19.3 Å². The molecule has 25 heavy (non-hydrogen) atoms. The molecule has 0 aliphatic heterocycles. The number of carboxylic acid groups (broad SMARTS) is 1. The third kappa shape index (κ3) is 3.09. The van der Waals surface area contributed by atoms with E-state index in [2.05, 4.69) is 32.9 Å². The first-order valence-electron chi connectivity index (χ1n) is 7.26. The Hall–Kier alpha value is -2.49. The van der Waals surface area contributed by atoms with Gasteiger partial charge < -0.3 is 10.4 Å². The van der Waals surface area contributed by atoms with E-state index in [4.69, 9.17) is 0 Å². The van der Waals surface area contributed by atoms with Crippen LogP contribution in [0.15, 0.2) is 30.6 Å². The van der Waals surface area contributed by atoms with Gasteiger partial charge >= 0.3 is 5.97 Å². The van der Waals surface area contributed by atoms with Gasteiger partial charge in [-0.2, -0.15) is 0 Å². The van der Waals surface area contributed by atoms with Crippen molar-refractivity contribution in [2.75, 3.05) is 5.32 Å². The first kappa shape index (κ1) is 17.3. The monoisotopic (exact) mass is 453 g/mol. The molecule has 3 aromatic rings. The van der Waals surface area contributed by atoms with Gasteiger partial charge in [-0.3, -0.25) is 9.36 Å². The number of carbonyl (C=O) groups excluding carboxylic acids is 1. The van der Waals surface area contributed by atoms with Crippen molar-refractivity contribution in [3.8, 4) is 0 Å². The van der Waals surface area contributed by atoms with Gasteiger partial charge in [0.1, 0.15) is 11.8 Å². The first-order chi connectivity index (χ1) is 11.8. The van der Waals surface area contributed by atoms with Crippen molar-refractivity contribution in [3.63, 3.8) is 0 Å². The predicted molar refractivity (Wildman–Crippen MR) is 100 cm³/mol. The van der Waals surface area contributed by atoms with Crippen LogP contribution in [-0.4, -0.2) is 26.5 Å². The van der Waals surface area contributed by atoms with E-state index >= 15 is 4.39 Å². The van der Waals surface area contributed by atoms with E-state index in [9.17, 15) is 14.7 Å². The lowest BCUT2D eigenvalue weighted by Crippen LogP contribution is -2.09. The number of aromatic carboxylic acids is 1. The molecule has 1 heterocycles. The molecule has 2 N–H and O–H groups in total. The summed E-state index contributed by atoms with van der Waals surface area (Å²) in [6.07, 6.45) is 1.18. The summed E-state index contributed by atoms with van der Waals surface area (Å²) in [5, 5.41) is 12.3. The number of hydrogen-bond donors (Lipinski definition) is 2. The van der Waals surface area contributed by atoms with Crippen LogP contribution in [0.5, 0.6) is 0 Å². The molecule has 0 aliphatic carbocycles. The highest BCUT2D eigenvalue weighted by atomic mass is 127. The fraction of sp³-hybridized carbons (Fsp3) is 0.118. The zero-order valence-electron chi connectivity index (χ0n) is 13.3. The van der Waals surface area contributed by atoms with Gasteiger partial charge in [-0.05, 0) is 59.3 Å². The molecular weight excluding hydrogens is 440 g/mol. The molecule has 0 fully saturated rings. The van der Waals surface area contributed by atoms with Crippen LogP contribution in [0, 0.1) is 16.3 Å². The quantitative estimate of drug-likeness (QED) is 0.582. The molecule has 0 unspecified atom stereocenters. The van der Waals surface area contributed by atoms with Crippen LogP contribution in [0.4, 0.5) is 15.8 Å². The lowest BCUT2D eigenvalue weighted by atomic mass is 10.1. The van der Waals surface area contributed by atoms with E-state index in [-0.39, 0.29) is 22.3 Å². The second-order valence-electron chi connectivity index (χ2n) is 5.50. The highest BCUT2D eigenvalue weighted by molar-refractivity contribution is 14.1. The second-order valence-corrected chi connectivity index (χ2v) is 6.75. The smallest absolute Gasteiger partial charge is 0.338 e. The summed E-state index contributed by atoms with van der Waals surface area (Å²) in [6.45, 7) is 3.11. The average Bonchev–Trinajstić information content (AvgIpc) is 2.96. The summed E-state index contributed by atoms with van der Waals surface area (Å²) in [5.41, 5.74) is 1.01. The summed E-state index contributed by atoms with van der Waals surface area (Å²) in [5.74, 6) is -2.54. The van der Waals surface area contributed by atoms with Crippen molar-refractivity contribution in [2.24, 2.45) is 0 Å². The van der Waals surface area contributed by atoms with Gasteiger partial charge in [0.25, 0.3) is 0 Å². The molecule has 2 aromatic carbocycles. The maximum absolute atomic E-state index is 15.1. The van der Waals surface area contributed by atoms with Crippen molar-refractivity contribution in [3.05, 3.63) is 51.1 Å². The van der Waals surface area contributed by atoms with Crippen LogP contribution >= 0.6 is 22.6 Å². The Labute approximate surface area is 155 Å². The third-order valence-corrected chi connectivity index (χ3v) is 4.46. The Morgan fingerprint density at radius 3 is 2.64 bits per heavy atom. The minimum absolute atomic E-state index is 0.0526. The maximum Gasteiger partial charge on any atom is 0.338 e. The number of hydrogen-bond acceptors (Lipinski definition) is 4. The summed E-state index contributed by atoms with van der Waals surface area (Å²) in [7, 11) is 0. The zero-order valence-corrected chi connectivity index (χ0v) is 15.5. The maximum atomic E-state index is 15.1. The summed E-state index contributed by atoms with van der Waals surface area (Å²) in [6, 6.07) is 6.71. The van der Waals surface area contributed by atoms with Crippen LogP contribution in [-0.2, 0) is 0 Å². The first-order valence-corrected chi connectivity index (χ1v) is 8.34. The molecule has 6 nitrogen and oxygen atoms in total. The van der Waals surface area contributed by atoms with Gasteiger partial charge in [0.2, 0.25) is 5.91 Å². The molecule has 8 heteroatoms. The Balaban J connectivity index is 2.25. The Kier molecular flexibility index (Phi) is 4.46. The SMILES string of the molecule is CC(=O)n1cnc2cc(C(=O)O)c(Nc3ccc(I)cc3C)c(F)c21. The van der Waals surface area contributed by atoms with Crippen molar-refractivity contribution in [1.82, 2.24) is 9.55 Å². The number of benzene rings is 2. The highest BCUT2D eigenvalue weighted by Crippen LogP contribution is 2.32. The molecule has 0 aliphatic rings. The van der Waals surface area contributed by atoms with Crippen molar-refractivity contribution in [2.45, 2.75) is 13.8 Å². The number of carboxylic acids is 1. The molecule has 0 bridgehead atoms. The zero-order chi connectivity index (χ0) is 18.3. The van der Waals surface area contributed by atoms with Crippen LogP contribution < -0.4 is 5.32 Å². The van der Waals surface area contributed by atoms with Crippen LogP contribution in [0.2, 0.25) is 0 Å². The van der Waals surface area contributed by atoms with Crippen LogP contribution in [0.25, 0.3) is 11.0 Å². The van der Waals surface area contributed by atoms with Crippen LogP contribution in [0.3, 0.4) is 0 Å². The van der Waals surface area contributed by atoms with Gasteiger partial charge in [-0.25, -0.2) is 14.2 Å². The van der Waals surface area contributed by atoms with Gasteiger partial charge in [-0.15, -0.1) is 0 Å². The fourth-order valence-electron chi connectivity index (χ4n) is 2.56. The Bertz CT molecular complexity index is 1030. The number of aryl methyl sites for hydroxylation is 1. The minimum Gasteiger partial charge on any atom is -0.478 e. The number of rotatable bonds is 3. The lowest BCUT2D eigenvalue weighted by molar-refractivity contribution is 0.0697. The van der Waals surface area contributed by atoms with Gasteiger partial charge in [0.05, 0.1) is 16.8 Å². The van der Waals surface area contributed by atoms with Crippen LogP contribution in [0.1, 0.15) is 27.6 Å². The number of fused-ring (bicyclic) bond motifs is 1. The van der Waals surface area contributed by atoms with Gasteiger partial charge in [0.15, 0.2) is 5.82 Å². The number of aromatic nitrogens is 2. The number of carbonyl (C=O) groups is 2. The molecular formula is C17H13FIN3O3. The van der Waals surface area contributed by atoms with Crippen molar-refractivity contribution < 1.29 is 19.1 Å². The summed E-state index contributed by atoms with van der Waals surface area (Å²) in [4.78, 5) is 27.2. The predicted octanol–water partition coefficient (Wildman–Crippen LogP) is 4.19. The molecule has 3 rings (SSSR count).